The van der Waals surface area contributed by atoms with Gasteiger partial charge in [-0.25, -0.2) is 0 Å². The summed E-state index contributed by atoms with van der Waals surface area (Å²) < 4.78 is 5.32. The number of morpholine rings is 1. The fourth-order valence-corrected chi connectivity index (χ4v) is 1.99. The van der Waals surface area contributed by atoms with E-state index in [-0.39, 0.29) is 12.4 Å². The zero-order valence-electron chi connectivity index (χ0n) is 10.6. The lowest BCUT2D eigenvalue weighted by atomic mass is 10.2. The van der Waals surface area contributed by atoms with Gasteiger partial charge in [0.2, 0.25) is 0 Å². The maximum Gasteiger partial charge on any atom is 0.0594 e. The number of nitrogens with two attached hydrogens (primary N) is 1. The minimum atomic E-state index is 0. The Morgan fingerprint density at radius 3 is 2.78 bits per heavy atom. The predicted octanol–water partition coefficient (Wildman–Crippen LogP) is 1.31. The number of nitrogens with zero attached hydrogens (tertiary/aromatic N) is 1. The van der Waals surface area contributed by atoms with Crippen LogP contribution in [-0.4, -0.2) is 44.3 Å². The van der Waals surface area contributed by atoms with Crippen LogP contribution in [0.4, 0.5) is 5.69 Å². The van der Waals surface area contributed by atoms with Crippen LogP contribution < -0.4 is 11.1 Å². The largest absolute Gasteiger partial charge is 0.384 e. The standard InChI is InChI=1S/C13H21N3O.ClH/c14-11-12-2-1-3-13(10-12)15-4-5-16-6-8-17-9-7-16;/h1-3,10,15H,4-9,11,14H2;1H. The summed E-state index contributed by atoms with van der Waals surface area (Å²) >= 11 is 0. The molecule has 0 bridgehead atoms. The zero-order valence-corrected chi connectivity index (χ0v) is 11.4. The molecule has 0 radical (unpaired) electrons. The number of nitrogens with one attached hydrogen (secondary N) is 1. The van der Waals surface area contributed by atoms with E-state index in [0.29, 0.717) is 6.54 Å². The van der Waals surface area contributed by atoms with Gasteiger partial charge in [0.05, 0.1) is 13.2 Å². The third kappa shape index (κ3) is 4.82. The van der Waals surface area contributed by atoms with E-state index in [1.165, 1.54) is 5.56 Å². The molecule has 0 aliphatic carbocycles. The Hall–Kier alpha value is -0.810. The lowest BCUT2D eigenvalue weighted by Crippen LogP contribution is -2.39. The summed E-state index contributed by atoms with van der Waals surface area (Å²) in [5, 5.41) is 3.43. The molecule has 0 amide bonds. The van der Waals surface area contributed by atoms with Gasteiger partial charge in [0.15, 0.2) is 0 Å². The first-order chi connectivity index (χ1) is 8.38. The van der Waals surface area contributed by atoms with Gasteiger partial charge in [-0.3, -0.25) is 4.90 Å². The smallest absolute Gasteiger partial charge is 0.0594 e. The van der Waals surface area contributed by atoms with E-state index in [0.717, 1.165) is 45.1 Å². The molecular weight excluding hydrogens is 250 g/mol. The Bertz CT molecular complexity index is 343. The highest BCUT2D eigenvalue weighted by molar-refractivity contribution is 5.85. The highest BCUT2D eigenvalue weighted by atomic mass is 35.5. The number of benzene rings is 1. The number of halogens is 1. The molecule has 3 N–H and O–H groups in total. The van der Waals surface area contributed by atoms with Crippen molar-refractivity contribution in [3.05, 3.63) is 29.8 Å². The van der Waals surface area contributed by atoms with Crippen molar-refractivity contribution in [2.24, 2.45) is 5.73 Å². The molecule has 0 unspecified atom stereocenters. The molecule has 1 aromatic rings. The molecular formula is C13H22ClN3O. The summed E-state index contributed by atoms with van der Waals surface area (Å²) in [4.78, 5) is 2.42. The van der Waals surface area contributed by atoms with Crippen LogP contribution in [-0.2, 0) is 11.3 Å². The van der Waals surface area contributed by atoms with E-state index >= 15 is 0 Å². The van der Waals surface area contributed by atoms with E-state index < -0.39 is 0 Å². The van der Waals surface area contributed by atoms with E-state index in [2.05, 4.69) is 22.3 Å². The third-order valence-electron chi connectivity index (χ3n) is 3.02. The van der Waals surface area contributed by atoms with Gasteiger partial charge in [0.1, 0.15) is 0 Å². The lowest BCUT2D eigenvalue weighted by Gasteiger charge is -2.26. The van der Waals surface area contributed by atoms with Crippen LogP contribution in [0.2, 0.25) is 0 Å². The molecule has 0 spiro atoms. The monoisotopic (exact) mass is 271 g/mol. The quantitative estimate of drug-likeness (QED) is 0.848. The molecule has 1 aliphatic heterocycles. The first-order valence-electron chi connectivity index (χ1n) is 6.21. The fourth-order valence-electron chi connectivity index (χ4n) is 1.99. The van der Waals surface area contributed by atoms with Crippen molar-refractivity contribution in [3.8, 4) is 0 Å². The molecule has 18 heavy (non-hydrogen) atoms. The topological polar surface area (TPSA) is 50.5 Å². The van der Waals surface area contributed by atoms with Gasteiger partial charge in [0, 0.05) is 38.4 Å². The molecule has 1 saturated heterocycles. The highest BCUT2D eigenvalue weighted by Gasteiger charge is 2.08. The number of hydrogen-bond donors (Lipinski definition) is 2. The number of ether oxygens (including phenoxy) is 1. The van der Waals surface area contributed by atoms with E-state index in [1.54, 1.807) is 0 Å². The van der Waals surface area contributed by atoms with Crippen molar-refractivity contribution < 1.29 is 4.74 Å². The molecule has 1 heterocycles. The molecule has 5 heteroatoms. The Labute approximate surface area is 115 Å². The van der Waals surface area contributed by atoms with Crippen molar-refractivity contribution >= 4 is 18.1 Å². The van der Waals surface area contributed by atoms with Gasteiger partial charge < -0.3 is 15.8 Å². The van der Waals surface area contributed by atoms with Crippen LogP contribution in [0.1, 0.15) is 5.56 Å². The summed E-state index contributed by atoms with van der Waals surface area (Å²) in [6.07, 6.45) is 0. The third-order valence-corrected chi connectivity index (χ3v) is 3.02. The molecule has 0 aromatic heterocycles. The second-order valence-corrected chi connectivity index (χ2v) is 4.29. The molecule has 1 aromatic carbocycles. The Morgan fingerprint density at radius 1 is 1.28 bits per heavy atom. The van der Waals surface area contributed by atoms with Crippen LogP contribution in [0.5, 0.6) is 0 Å². The van der Waals surface area contributed by atoms with Crippen LogP contribution in [0.25, 0.3) is 0 Å². The summed E-state index contributed by atoms with van der Waals surface area (Å²) in [5.74, 6) is 0. The van der Waals surface area contributed by atoms with Gasteiger partial charge in [-0.1, -0.05) is 12.1 Å². The Morgan fingerprint density at radius 2 is 2.06 bits per heavy atom. The number of hydrogen-bond acceptors (Lipinski definition) is 4. The van der Waals surface area contributed by atoms with Gasteiger partial charge >= 0.3 is 0 Å². The maximum absolute atomic E-state index is 5.61. The predicted molar refractivity (Wildman–Crippen MR) is 77.3 cm³/mol. The van der Waals surface area contributed by atoms with Crippen molar-refractivity contribution in [1.29, 1.82) is 0 Å². The van der Waals surface area contributed by atoms with Crippen LogP contribution in [0.3, 0.4) is 0 Å². The molecule has 1 aliphatic rings. The molecule has 102 valence electrons. The fraction of sp³-hybridized carbons (Fsp3) is 0.538. The van der Waals surface area contributed by atoms with E-state index in [1.807, 2.05) is 12.1 Å². The zero-order chi connectivity index (χ0) is 11.9. The molecule has 0 saturated carbocycles. The number of anilines is 1. The minimum absolute atomic E-state index is 0. The molecule has 4 nitrogen and oxygen atoms in total. The highest BCUT2D eigenvalue weighted by Crippen LogP contribution is 2.09. The Kier molecular flexibility index (Phi) is 7.05. The second kappa shape index (κ2) is 8.32. The average molecular weight is 272 g/mol. The first kappa shape index (κ1) is 15.2. The average Bonchev–Trinajstić information content (AvgIpc) is 2.40. The van der Waals surface area contributed by atoms with Crippen molar-refractivity contribution in [1.82, 2.24) is 4.90 Å². The van der Waals surface area contributed by atoms with E-state index in [4.69, 9.17) is 10.5 Å². The van der Waals surface area contributed by atoms with Gasteiger partial charge in [0.25, 0.3) is 0 Å². The van der Waals surface area contributed by atoms with Gasteiger partial charge in [-0.15, -0.1) is 12.4 Å². The Balaban J connectivity index is 0.00000162. The first-order valence-corrected chi connectivity index (χ1v) is 6.21. The summed E-state index contributed by atoms with van der Waals surface area (Å²) in [6.45, 7) is 6.45. The van der Waals surface area contributed by atoms with Crippen LogP contribution >= 0.6 is 12.4 Å². The normalized spacial score (nSPS) is 16.1. The van der Waals surface area contributed by atoms with Crippen molar-refractivity contribution in [2.45, 2.75) is 6.54 Å². The van der Waals surface area contributed by atoms with E-state index in [9.17, 15) is 0 Å². The van der Waals surface area contributed by atoms with Gasteiger partial charge in [-0.2, -0.15) is 0 Å². The SMILES string of the molecule is Cl.NCc1cccc(NCCN2CCOCC2)c1. The molecule has 1 fully saturated rings. The number of rotatable bonds is 5. The molecule has 0 atom stereocenters. The summed E-state index contributed by atoms with van der Waals surface area (Å²) in [5.41, 5.74) is 7.94. The van der Waals surface area contributed by atoms with Crippen molar-refractivity contribution in [2.75, 3.05) is 44.7 Å². The van der Waals surface area contributed by atoms with Crippen molar-refractivity contribution in [3.63, 3.8) is 0 Å². The minimum Gasteiger partial charge on any atom is -0.384 e. The lowest BCUT2D eigenvalue weighted by molar-refractivity contribution is 0.0398. The maximum atomic E-state index is 5.61. The summed E-state index contributed by atoms with van der Waals surface area (Å²) in [7, 11) is 0. The van der Waals surface area contributed by atoms with Crippen LogP contribution in [0, 0.1) is 0 Å². The second-order valence-electron chi connectivity index (χ2n) is 4.29. The van der Waals surface area contributed by atoms with Crippen LogP contribution in [0.15, 0.2) is 24.3 Å². The molecule has 2 rings (SSSR count). The summed E-state index contributed by atoms with van der Waals surface area (Å²) in [6, 6.07) is 8.28. The van der Waals surface area contributed by atoms with Gasteiger partial charge in [-0.05, 0) is 17.7 Å².